The van der Waals surface area contributed by atoms with Gasteiger partial charge in [0, 0.05) is 40.9 Å². The molecule has 0 spiro atoms. The van der Waals surface area contributed by atoms with Gasteiger partial charge < -0.3 is 35.2 Å². The van der Waals surface area contributed by atoms with Gasteiger partial charge in [0.1, 0.15) is 17.5 Å². The molecule has 3 heterocycles. The molecule has 17 heteroatoms. The predicted octanol–water partition coefficient (Wildman–Crippen LogP) is 0.589. The Morgan fingerprint density at radius 1 is 0.982 bits per heavy atom. The van der Waals surface area contributed by atoms with Crippen LogP contribution in [0.4, 0.5) is 4.79 Å². The van der Waals surface area contributed by atoms with Crippen LogP contribution in [0.3, 0.4) is 0 Å². The average molecular weight is 856 g/mol. The van der Waals surface area contributed by atoms with Crippen molar-refractivity contribution < 1.29 is 63.4 Å². The molecule has 6 amide bonds. The molecule has 4 fully saturated rings. The molecule has 3 saturated heterocycles. The number of benzene rings is 2. The number of rotatable bonds is 11. The number of nitrogens with one attached hydrogen (secondary N) is 2. The van der Waals surface area contributed by atoms with Crippen LogP contribution in [0.5, 0.6) is 0 Å². The van der Waals surface area contributed by atoms with E-state index in [0.717, 1.165) is 15.8 Å². The fourth-order valence-electron chi connectivity index (χ4n) is 8.21. The third-order valence-electron chi connectivity index (χ3n) is 11.2. The third-order valence-corrected chi connectivity index (χ3v) is 13.0. The molecule has 1 aliphatic carbocycles. The summed E-state index contributed by atoms with van der Waals surface area (Å²) in [7, 11) is 4.45. The summed E-state index contributed by atoms with van der Waals surface area (Å²) in [6.07, 6.45) is 5.23. The Labute approximate surface area is 373 Å². The van der Waals surface area contributed by atoms with Crippen LogP contribution in [0.2, 0.25) is 5.02 Å². The first-order valence-corrected chi connectivity index (χ1v) is 20.1. The van der Waals surface area contributed by atoms with E-state index >= 15 is 0 Å². The number of β-lactam (4-membered cyclic amide) rings is 1. The molecule has 0 aromatic heterocycles. The zero-order valence-electron chi connectivity index (χ0n) is 34.0. The van der Waals surface area contributed by atoms with E-state index < -0.39 is 63.9 Å². The van der Waals surface area contributed by atoms with Gasteiger partial charge in [0.25, 0.3) is 0 Å². The normalized spacial score (nSPS) is 22.7. The number of carbonyl (C=O) groups excluding carboxylic acids is 6. The number of carboxylic acids is 1. The van der Waals surface area contributed by atoms with Crippen LogP contribution in [0.25, 0.3) is 0 Å². The van der Waals surface area contributed by atoms with Crippen LogP contribution in [0.15, 0.2) is 54.6 Å². The Balaban J connectivity index is 0.000000352. The number of thioether (sulfide) groups is 1. The van der Waals surface area contributed by atoms with Gasteiger partial charge in [-0.15, -0.1) is 24.2 Å². The minimum atomic E-state index is -1.37. The van der Waals surface area contributed by atoms with Crippen LogP contribution in [0, 0.1) is 5.92 Å². The molecule has 2 N–H and O–H groups in total. The van der Waals surface area contributed by atoms with Crippen molar-refractivity contribution in [1.29, 1.82) is 0 Å². The van der Waals surface area contributed by atoms with Crippen molar-refractivity contribution in [3.05, 3.63) is 70.7 Å². The first kappa shape index (κ1) is 48.5. The SMILES string of the molecule is CC(C)CC(N(C)C)C1(c2ccc(Cl)cc2)CCC1.CCN1CCN(C(=O)N[C@@H](C(=O)N[C@@H]2C(=O)N3[C@@H]2SC(C)(C)[C@@H]3C(=O)[O-])c2ccccc2)C(=O)C1=O.Cl.[Na+]. The predicted molar refractivity (Wildman–Crippen MR) is 216 cm³/mol. The number of halogens is 2. The molecule has 13 nitrogen and oxygen atoms in total. The Kier molecular flexibility index (Phi) is 17.0. The smallest absolute Gasteiger partial charge is 0.548 e. The van der Waals surface area contributed by atoms with Gasteiger partial charge in [-0.1, -0.05) is 74.3 Å². The summed E-state index contributed by atoms with van der Waals surface area (Å²) < 4.78 is -0.820. The molecule has 1 saturated carbocycles. The Hall–Kier alpha value is -2.85. The largest absolute Gasteiger partial charge is 1.00 e. The number of imide groups is 1. The number of hydrogen-bond acceptors (Lipinski definition) is 9. The molecule has 306 valence electrons. The number of amides is 6. The van der Waals surface area contributed by atoms with Gasteiger partial charge >= 0.3 is 47.4 Å². The maximum atomic E-state index is 13.3. The molecular weight excluding hydrogens is 802 g/mol. The van der Waals surface area contributed by atoms with Gasteiger partial charge in [0.2, 0.25) is 11.8 Å². The van der Waals surface area contributed by atoms with Crippen molar-refractivity contribution in [1.82, 2.24) is 30.2 Å². The number of likely N-dealkylation sites (N-methyl/N-ethyl adjacent to an activating group) is 2. The van der Waals surface area contributed by atoms with Crippen molar-refractivity contribution in [2.45, 2.75) is 100 Å². The first-order chi connectivity index (χ1) is 25.9. The first-order valence-electron chi connectivity index (χ1n) is 18.8. The fraction of sp³-hybridized carbons (Fsp3) is 0.550. The van der Waals surface area contributed by atoms with E-state index in [1.54, 1.807) is 51.1 Å². The van der Waals surface area contributed by atoms with Crippen molar-refractivity contribution in [2.75, 3.05) is 33.7 Å². The molecule has 57 heavy (non-hydrogen) atoms. The summed E-state index contributed by atoms with van der Waals surface area (Å²) in [5.74, 6) is -3.70. The third kappa shape index (κ3) is 10.1. The summed E-state index contributed by atoms with van der Waals surface area (Å²) in [4.78, 5) is 81.0. The number of carboxylic acid groups (broad SMARTS) is 1. The van der Waals surface area contributed by atoms with Crippen LogP contribution in [-0.2, 0) is 29.4 Å². The standard InChI is InChI=1S/C23H27N5O7S.C17H26ClN.ClH.Na/c1-4-26-10-11-27(19(32)18(26)31)22(35)25-13(12-8-6-5-7-9-12)16(29)24-14-17(30)28-15(21(33)34)23(2,3)36-20(14)28;1-13(2)12-16(19(3)4)17(10-5-11-17)14-6-8-15(18)9-7-14;;/h5-9,13-15,20H,4,10-11H2,1-3H3,(H,24,29)(H,25,35)(H,33,34);6-9,13,16H,5,10-12H2,1-4H3;1H;/q;;;+1/p-1/t13-,14-,15+,20-;;;/m1.../s1. The number of aliphatic carboxylic acids is 1. The quantitative estimate of drug-likeness (QED) is 0.187. The van der Waals surface area contributed by atoms with Crippen molar-refractivity contribution in [2.24, 2.45) is 5.92 Å². The molecule has 6 rings (SSSR count). The van der Waals surface area contributed by atoms with Crippen molar-refractivity contribution >= 4 is 71.4 Å². The van der Waals surface area contributed by atoms with E-state index in [-0.39, 0.29) is 55.1 Å². The maximum Gasteiger partial charge on any atom is 1.00 e. The average Bonchev–Trinajstić information content (AvgIpc) is 3.38. The number of piperazine rings is 1. The minimum absolute atomic E-state index is 0. The minimum Gasteiger partial charge on any atom is -0.548 e. The molecule has 1 unspecified atom stereocenters. The van der Waals surface area contributed by atoms with Gasteiger partial charge in [-0.3, -0.25) is 24.1 Å². The topological polar surface area (TPSA) is 162 Å². The summed E-state index contributed by atoms with van der Waals surface area (Å²) in [6.45, 7) is 10.2. The molecule has 2 aromatic carbocycles. The Morgan fingerprint density at radius 2 is 1.60 bits per heavy atom. The van der Waals surface area contributed by atoms with Gasteiger partial charge in [-0.05, 0) is 83.3 Å². The second kappa shape index (κ2) is 19.9. The molecule has 5 atom stereocenters. The van der Waals surface area contributed by atoms with E-state index in [4.69, 9.17) is 11.6 Å². The maximum absolute atomic E-state index is 13.3. The number of fused-ring (bicyclic) bond motifs is 1. The number of nitrogens with zero attached hydrogens (tertiary/aromatic N) is 4. The zero-order valence-corrected chi connectivity index (χ0v) is 38.3. The van der Waals surface area contributed by atoms with Crippen LogP contribution in [-0.4, -0.2) is 117 Å². The number of hydrogen-bond donors (Lipinski definition) is 2. The van der Waals surface area contributed by atoms with E-state index in [2.05, 4.69) is 55.6 Å². The molecule has 0 radical (unpaired) electrons. The molecular formula is C40H53Cl2N6NaO7S. The second-order valence-electron chi connectivity index (χ2n) is 15.8. The van der Waals surface area contributed by atoms with Gasteiger partial charge in [0.05, 0.1) is 12.0 Å². The van der Waals surface area contributed by atoms with Gasteiger partial charge in [-0.25, -0.2) is 4.79 Å². The van der Waals surface area contributed by atoms with Crippen molar-refractivity contribution in [3.63, 3.8) is 0 Å². The van der Waals surface area contributed by atoms with Gasteiger partial charge in [-0.2, -0.15) is 0 Å². The summed E-state index contributed by atoms with van der Waals surface area (Å²) in [5, 5.41) is 17.0. The molecule has 2 aromatic rings. The molecule has 3 aliphatic heterocycles. The van der Waals surface area contributed by atoms with Crippen LogP contribution in [0.1, 0.15) is 77.5 Å². The Bertz CT molecular complexity index is 1780. The summed E-state index contributed by atoms with van der Waals surface area (Å²) in [6, 6.07) is 13.1. The number of urea groups is 1. The monoisotopic (exact) mass is 854 g/mol. The van der Waals surface area contributed by atoms with Crippen molar-refractivity contribution in [3.8, 4) is 0 Å². The fourth-order valence-corrected chi connectivity index (χ4v) is 9.96. The Morgan fingerprint density at radius 3 is 2.11 bits per heavy atom. The van der Waals surface area contributed by atoms with E-state index in [0.29, 0.717) is 23.6 Å². The number of carbonyl (C=O) groups is 6. The molecule has 4 aliphatic rings. The zero-order chi connectivity index (χ0) is 40.4. The van der Waals surface area contributed by atoms with E-state index in [1.807, 2.05) is 12.1 Å². The van der Waals surface area contributed by atoms with Crippen LogP contribution >= 0.6 is 35.8 Å². The summed E-state index contributed by atoms with van der Waals surface area (Å²) in [5.41, 5.74) is 2.21. The summed E-state index contributed by atoms with van der Waals surface area (Å²) >= 11 is 7.28. The second-order valence-corrected chi connectivity index (χ2v) is 18.0. The van der Waals surface area contributed by atoms with Crippen LogP contribution < -0.4 is 45.3 Å². The molecule has 0 bridgehead atoms. The van der Waals surface area contributed by atoms with E-state index in [9.17, 15) is 33.9 Å². The van der Waals surface area contributed by atoms with E-state index in [1.165, 1.54) is 52.8 Å². The van der Waals surface area contributed by atoms with Gasteiger partial charge in [0.15, 0.2) is 0 Å².